The van der Waals surface area contributed by atoms with E-state index in [0.717, 1.165) is 27.0 Å². The number of nitrogens with one attached hydrogen (secondary N) is 2. The zero-order valence-corrected chi connectivity index (χ0v) is 16.8. The molecule has 2 N–H and O–H groups in total. The van der Waals surface area contributed by atoms with E-state index in [1.807, 2.05) is 24.3 Å². The van der Waals surface area contributed by atoms with Crippen molar-refractivity contribution in [1.29, 1.82) is 0 Å². The topological polar surface area (TPSA) is 58.0 Å². The SMILES string of the molecule is O=C(NCCSc1c(-c2ccc(Br)cc2)[nH]c2ccccc12)c1ccco1. The Morgan fingerprint density at radius 3 is 2.67 bits per heavy atom. The Hall–Kier alpha value is -2.44. The van der Waals surface area contributed by atoms with Gasteiger partial charge >= 0.3 is 0 Å². The minimum absolute atomic E-state index is 0.187. The lowest BCUT2D eigenvalue weighted by Crippen LogP contribution is -2.25. The van der Waals surface area contributed by atoms with Gasteiger partial charge in [-0.25, -0.2) is 0 Å². The normalized spacial score (nSPS) is 11.0. The predicted octanol–water partition coefficient (Wildman–Crippen LogP) is 5.71. The average Bonchev–Trinajstić information content (AvgIpc) is 3.34. The van der Waals surface area contributed by atoms with Crippen molar-refractivity contribution in [3.63, 3.8) is 0 Å². The first-order chi connectivity index (χ1) is 13.2. The van der Waals surface area contributed by atoms with Crippen LogP contribution in [0.3, 0.4) is 0 Å². The van der Waals surface area contributed by atoms with Gasteiger partial charge in [-0.1, -0.05) is 46.3 Å². The van der Waals surface area contributed by atoms with E-state index in [2.05, 4.69) is 50.5 Å². The molecule has 0 spiro atoms. The molecule has 6 heteroatoms. The summed E-state index contributed by atoms with van der Waals surface area (Å²) in [5.41, 5.74) is 3.35. The summed E-state index contributed by atoms with van der Waals surface area (Å²) in [7, 11) is 0. The van der Waals surface area contributed by atoms with Crippen LogP contribution in [0.4, 0.5) is 0 Å². The van der Waals surface area contributed by atoms with E-state index in [-0.39, 0.29) is 5.91 Å². The van der Waals surface area contributed by atoms with Crippen LogP contribution in [0.15, 0.2) is 80.7 Å². The number of furan rings is 1. The van der Waals surface area contributed by atoms with Gasteiger partial charge in [0.1, 0.15) is 0 Å². The fourth-order valence-corrected chi connectivity index (χ4v) is 4.22. The largest absolute Gasteiger partial charge is 0.459 e. The number of fused-ring (bicyclic) bond motifs is 1. The minimum Gasteiger partial charge on any atom is -0.459 e. The van der Waals surface area contributed by atoms with Crippen LogP contribution >= 0.6 is 27.7 Å². The fourth-order valence-electron chi connectivity index (χ4n) is 2.90. The third kappa shape index (κ3) is 3.96. The molecule has 2 aromatic carbocycles. The number of carbonyl (C=O) groups is 1. The second kappa shape index (κ2) is 8.06. The standard InChI is InChI=1S/C21H17BrN2O2S/c22-15-9-7-14(8-10-15)19-20(16-4-1-2-5-17(16)24-19)27-13-11-23-21(25)18-6-3-12-26-18/h1-10,12,24H,11,13H2,(H,23,25). The van der Waals surface area contributed by atoms with E-state index in [4.69, 9.17) is 4.42 Å². The zero-order chi connectivity index (χ0) is 18.6. The molecule has 27 heavy (non-hydrogen) atoms. The highest BCUT2D eigenvalue weighted by Crippen LogP contribution is 2.37. The number of thioether (sulfide) groups is 1. The Balaban J connectivity index is 1.52. The van der Waals surface area contributed by atoms with Gasteiger partial charge in [-0.2, -0.15) is 0 Å². The number of para-hydroxylation sites is 1. The van der Waals surface area contributed by atoms with E-state index < -0.39 is 0 Å². The molecule has 0 atom stereocenters. The lowest BCUT2D eigenvalue weighted by molar-refractivity contribution is 0.0928. The van der Waals surface area contributed by atoms with Gasteiger partial charge in [0.05, 0.1) is 12.0 Å². The molecule has 0 fully saturated rings. The van der Waals surface area contributed by atoms with Crippen LogP contribution in [0.5, 0.6) is 0 Å². The van der Waals surface area contributed by atoms with Crippen LogP contribution in [0, 0.1) is 0 Å². The predicted molar refractivity (Wildman–Crippen MR) is 113 cm³/mol. The average molecular weight is 441 g/mol. The molecule has 136 valence electrons. The highest BCUT2D eigenvalue weighted by atomic mass is 79.9. The number of hydrogen-bond donors (Lipinski definition) is 2. The van der Waals surface area contributed by atoms with Crippen molar-refractivity contribution < 1.29 is 9.21 Å². The van der Waals surface area contributed by atoms with Crippen molar-refractivity contribution in [3.8, 4) is 11.3 Å². The Morgan fingerprint density at radius 1 is 1.07 bits per heavy atom. The fraction of sp³-hybridized carbons (Fsp3) is 0.0952. The number of aromatic amines is 1. The molecule has 0 aliphatic heterocycles. The summed E-state index contributed by atoms with van der Waals surface area (Å²) in [6.45, 7) is 0.559. The maximum Gasteiger partial charge on any atom is 0.287 e. The summed E-state index contributed by atoms with van der Waals surface area (Å²) < 4.78 is 6.17. The van der Waals surface area contributed by atoms with E-state index in [9.17, 15) is 4.79 Å². The van der Waals surface area contributed by atoms with Gasteiger partial charge in [0, 0.05) is 32.6 Å². The first kappa shape index (κ1) is 17.9. The summed E-state index contributed by atoms with van der Waals surface area (Å²) in [5, 5.41) is 4.08. The van der Waals surface area contributed by atoms with Crippen LogP contribution in [0.2, 0.25) is 0 Å². The van der Waals surface area contributed by atoms with E-state index in [0.29, 0.717) is 12.3 Å². The second-order valence-corrected chi connectivity index (χ2v) is 7.98. The molecule has 4 rings (SSSR count). The smallest absolute Gasteiger partial charge is 0.287 e. The van der Waals surface area contributed by atoms with Crippen LogP contribution in [0.1, 0.15) is 10.6 Å². The van der Waals surface area contributed by atoms with Crippen LogP contribution < -0.4 is 5.32 Å². The number of halogens is 1. The Bertz CT molecular complexity index is 1060. The molecule has 2 heterocycles. The zero-order valence-electron chi connectivity index (χ0n) is 14.4. The number of amides is 1. The molecule has 0 bridgehead atoms. The van der Waals surface area contributed by atoms with Gasteiger partial charge in [-0.15, -0.1) is 11.8 Å². The molecule has 0 aliphatic carbocycles. The molecular weight excluding hydrogens is 424 g/mol. The van der Waals surface area contributed by atoms with Crippen molar-refractivity contribution in [2.75, 3.05) is 12.3 Å². The molecule has 2 aromatic heterocycles. The third-order valence-corrected chi connectivity index (χ3v) is 5.82. The molecule has 0 saturated heterocycles. The van der Waals surface area contributed by atoms with Gasteiger partial charge in [0.2, 0.25) is 0 Å². The molecule has 4 aromatic rings. The summed E-state index contributed by atoms with van der Waals surface area (Å²) in [4.78, 5) is 16.7. The van der Waals surface area contributed by atoms with Crippen molar-refractivity contribution in [2.24, 2.45) is 0 Å². The quantitative estimate of drug-likeness (QED) is 0.298. The number of hydrogen-bond acceptors (Lipinski definition) is 3. The summed E-state index contributed by atoms with van der Waals surface area (Å²) in [6.07, 6.45) is 1.50. The van der Waals surface area contributed by atoms with Crippen LogP contribution in [0.25, 0.3) is 22.2 Å². The summed E-state index contributed by atoms with van der Waals surface area (Å²) in [6, 6.07) is 19.9. The van der Waals surface area contributed by atoms with Gasteiger partial charge in [0.25, 0.3) is 5.91 Å². The number of aromatic nitrogens is 1. The van der Waals surface area contributed by atoms with E-state index in [1.165, 1.54) is 16.5 Å². The molecule has 4 nitrogen and oxygen atoms in total. The number of carbonyl (C=O) groups excluding carboxylic acids is 1. The highest BCUT2D eigenvalue weighted by Gasteiger charge is 2.14. The van der Waals surface area contributed by atoms with Crippen molar-refractivity contribution in [2.45, 2.75) is 4.90 Å². The van der Waals surface area contributed by atoms with Gasteiger partial charge in [-0.3, -0.25) is 4.79 Å². The molecule has 0 saturated carbocycles. The molecule has 0 aliphatic rings. The Kier molecular flexibility index (Phi) is 5.36. The monoisotopic (exact) mass is 440 g/mol. The lowest BCUT2D eigenvalue weighted by Gasteiger charge is -2.06. The maximum absolute atomic E-state index is 12.0. The van der Waals surface area contributed by atoms with Crippen LogP contribution in [-0.2, 0) is 0 Å². The molecular formula is C21H17BrN2O2S. The second-order valence-electron chi connectivity index (χ2n) is 5.96. The number of benzene rings is 2. The molecule has 0 radical (unpaired) electrons. The summed E-state index contributed by atoms with van der Waals surface area (Å²) >= 11 is 5.22. The van der Waals surface area contributed by atoms with Crippen LogP contribution in [-0.4, -0.2) is 23.2 Å². The first-order valence-electron chi connectivity index (χ1n) is 8.53. The molecule has 0 unspecified atom stereocenters. The molecule has 1 amide bonds. The van der Waals surface area contributed by atoms with Crippen molar-refractivity contribution >= 4 is 44.5 Å². The number of H-pyrrole nitrogens is 1. The van der Waals surface area contributed by atoms with Gasteiger partial charge < -0.3 is 14.7 Å². The van der Waals surface area contributed by atoms with E-state index >= 15 is 0 Å². The number of rotatable bonds is 6. The first-order valence-corrected chi connectivity index (χ1v) is 10.3. The van der Waals surface area contributed by atoms with Crippen molar-refractivity contribution in [3.05, 3.63) is 77.2 Å². The Labute approximate surface area is 169 Å². The van der Waals surface area contributed by atoms with E-state index in [1.54, 1.807) is 23.9 Å². The minimum atomic E-state index is -0.187. The van der Waals surface area contributed by atoms with Gasteiger partial charge in [-0.05, 0) is 35.9 Å². The van der Waals surface area contributed by atoms with Gasteiger partial charge in [0.15, 0.2) is 5.76 Å². The summed E-state index contributed by atoms with van der Waals surface area (Å²) in [5.74, 6) is 0.910. The maximum atomic E-state index is 12.0. The third-order valence-electron chi connectivity index (χ3n) is 4.17. The Morgan fingerprint density at radius 2 is 1.89 bits per heavy atom. The lowest BCUT2D eigenvalue weighted by atomic mass is 10.1. The highest BCUT2D eigenvalue weighted by molar-refractivity contribution is 9.10. The van der Waals surface area contributed by atoms with Crippen molar-refractivity contribution in [1.82, 2.24) is 10.3 Å².